The molecule has 7 nitrogen and oxygen atoms in total. The normalized spacial score (nSPS) is 15.8. The van der Waals surface area contributed by atoms with E-state index in [0.717, 1.165) is 25.7 Å². The zero-order valence-electron chi connectivity index (χ0n) is 14.5. The summed E-state index contributed by atoms with van der Waals surface area (Å²) in [5, 5.41) is 5.11. The Labute approximate surface area is 147 Å². The van der Waals surface area contributed by atoms with Gasteiger partial charge in [0.25, 0.3) is 5.91 Å². The standard InChI is InChI=1S/C18H24N2O5/c1-12(25-15-10-8-13(9-11-15)17(22)24-2)16(21)20-18(23)19-14-6-4-3-5-7-14/h8-12,14H,3-7H2,1-2H3,(H2,19,20,21,23)/t12-/m1/s1. The number of amides is 3. The van der Waals surface area contributed by atoms with E-state index in [1.54, 1.807) is 31.2 Å². The van der Waals surface area contributed by atoms with Crippen molar-refractivity contribution in [2.24, 2.45) is 0 Å². The lowest BCUT2D eigenvalue weighted by atomic mass is 9.96. The highest BCUT2D eigenvalue weighted by Gasteiger charge is 2.20. The Hall–Kier alpha value is -2.57. The summed E-state index contributed by atoms with van der Waals surface area (Å²) in [5.41, 5.74) is 0.388. The van der Waals surface area contributed by atoms with Crippen molar-refractivity contribution in [2.45, 2.75) is 51.2 Å². The van der Waals surface area contributed by atoms with Gasteiger partial charge in [-0.05, 0) is 44.0 Å². The summed E-state index contributed by atoms with van der Waals surface area (Å²) in [5.74, 6) is -0.551. The molecule has 0 spiro atoms. The van der Waals surface area contributed by atoms with Gasteiger partial charge < -0.3 is 14.8 Å². The van der Waals surface area contributed by atoms with Gasteiger partial charge in [0.15, 0.2) is 6.10 Å². The van der Waals surface area contributed by atoms with Crippen LogP contribution in [-0.4, -0.2) is 37.2 Å². The molecule has 0 unspecified atom stereocenters. The van der Waals surface area contributed by atoms with Gasteiger partial charge in [0.1, 0.15) is 5.75 Å². The summed E-state index contributed by atoms with van der Waals surface area (Å²) in [7, 11) is 1.30. The number of rotatable bonds is 5. The van der Waals surface area contributed by atoms with Crippen LogP contribution in [0.15, 0.2) is 24.3 Å². The van der Waals surface area contributed by atoms with E-state index in [4.69, 9.17) is 4.74 Å². The zero-order valence-corrected chi connectivity index (χ0v) is 14.5. The topological polar surface area (TPSA) is 93.7 Å². The molecule has 7 heteroatoms. The molecule has 0 heterocycles. The van der Waals surface area contributed by atoms with Crippen molar-refractivity contribution < 1.29 is 23.9 Å². The first-order valence-corrected chi connectivity index (χ1v) is 8.46. The average molecular weight is 348 g/mol. The van der Waals surface area contributed by atoms with E-state index < -0.39 is 24.0 Å². The minimum Gasteiger partial charge on any atom is -0.481 e. The second-order valence-corrected chi connectivity index (χ2v) is 6.07. The maximum Gasteiger partial charge on any atom is 0.337 e. The van der Waals surface area contributed by atoms with Gasteiger partial charge in [-0.15, -0.1) is 0 Å². The predicted octanol–water partition coefficient (Wildman–Crippen LogP) is 2.40. The molecule has 1 saturated carbocycles. The minimum atomic E-state index is -0.846. The van der Waals surface area contributed by atoms with E-state index >= 15 is 0 Å². The van der Waals surface area contributed by atoms with Crippen molar-refractivity contribution in [3.05, 3.63) is 29.8 Å². The van der Waals surface area contributed by atoms with Crippen molar-refractivity contribution in [1.29, 1.82) is 0 Å². The number of urea groups is 1. The third-order valence-corrected chi connectivity index (χ3v) is 4.13. The van der Waals surface area contributed by atoms with Crippen LogP contribution >= 0.6 is 0 Å². The van der Waals surface area contributed by atoms with Crippen LogP contribution in [0.3, 0.4) is 0 Å². The van der Waals surface area contributed by atoms with Crippen molar-refractivity contribution >= 4 is 17.9 Å². The van der Waals surface area contributed by atoms with Crippen LogP contribution in [0.1, 0.15) is 49.4 Å². The largest absolute Gasteiger partial charge is 0.481 e. The Balaban J connectivity index is 1.80. The van der Waals surface area contributed by atoms with E-state index in [2.05, 4.69) is 15.4 Å². The summed E-state index contributed by atoms with van der Waals surface area (Å²) in [6, 6.07) is 5.86. The van der Waals surface area contributed by atoms with Crippen LogP contribution in [0, 0.1) is 0 Å². The van der Waals surface area contributed by atoms with Crippen LogP contribution in [-0.2, 0) is 9.53 Å². The average Bonchev–Trinajstić information content (AvgIpc) is 2.62. The maximum absolute atomic E-state index is 12.0. The fourth-order valence-electron chi connectivity index (χ4n) is 2.73. The van der Waals surface area contributed by atoms with Gasteiger partial charge in [0.2, 0.25) is 0 Å². The van der Waals surface area contributed by atoms with Gasteiger partial charge in [-0.25, -0.2) is 9.59 Å². The Morgan fingerprint density at radius 1 is 1.08 bits per heavy atom. The lowest BCUT2D eigenvalue weighted by molar-refractivity contribution is -0.126. The molecule has 1 atom stereocenters. The van der Waals surface area contributed by atoms with Crippen molar-refractivity contribution in [3.63, 3.8) is 0 Å². The number of esters is 1. The number of hydrogen-bond donors (Lipinski definition) is 2. The maximum atomic E-state index is 12.0. The van der Waals surface area contributed by atoms with Crippen LogP contribution in [0.2, 0.25) is 0 Å². The number of benzene rings is 1. The third kappa shape index (κ3) is 5.77. The Kier molecular flexibility index (Phi) is 6.80. The van der Waals surface area contributed by atoms with Crippen LogP contribution < -0.4 is 15.4 Å². The van der Waals surface area contributed by atoms with Gasteiger partial charge in [0, 0.05) is 6.04 Å². The lowest BCUT2D eigenvalue weighted by Gasteiger charge is -2.23. The molecule has 25 heavy (non-hydrogen) atoms. The first kappa shape index (κ1) is 18.8. The molecule has 0 aliphatic heterocycles. The molecule has 1 aromatic rings. The van der Waals surface area contributed by atoms with E-state index in [1.807, 2.05) is 0 Å². The fourth-order valence-corrected chi connectivity index (χ4v) is 2.73. The summed E-state index contributed by atoms with van der Waals surface area (Å²) in [4.78, 5) is 35.3. The van der Waals surface area contributed by atoms with E-state index in [-0.39, 0.29) is 6.04 Å². The van der Waals surface area contributed by atoms with Crippen LogP contribution in [0.25, 0.3) is 0 Å². The predicted molar refractivity (Wildman–Crippen MR) is 91.4 cm³/mol. The van der Waals surface area contributed by atoms with E-state index in [9.17, 15) is 14.4 Å². The molecule has 0 bridgehead atoms. The van der Waals surface area contributed by atoms with Crippen LogP contribution in [0.5, 0.6) is 5.75 Å². The molecule has 2 rings (SSSR count). The molecular weight excluding hydrogens is 324 g/mol. The fraction of sp³-hybridized carbons (Fsp3) is 0.500. The number of ether oxygens (including phenoxy) is 2. The first-order chi connectivity index (χ1) is 12.0. The van der Waals surface area contributed by atoms with E-state index in [1.165, 1.54) is 13.5 Å². The first-order valence-electron chi connectivity index (χ1n) is 8.46. The molecular formula is C18H24N2O5. The number of nitrogens with one attached hydrogen (secondary N) is 2. The summed E-state index contributed by atoms with van der Waals surface area (Å²) in [6.45, 7) is 1.55. The van der Waals surface area contributed by atoms with Gasteiger partial charge in [0.05, 0.1) is 12.7 Å². The molecule has 1 aliphatic rings. The highest BCUT2D eigenvalue weighted by Crippen LogP contribution is 2.17. The highest BCUT2D eigenvalue weighted by molar-refractivity contribution is 5.96. The SMILES string of the molecule is COC(=O)c1ccc(O[C@H](C)C(=O)NC(=O)NC2CCCCC2)cc1. The van der Waals surface area contributed by atoms with Crippen molar-refractivity contribution in [2.75, 3.05) is 7.11 Å². The van der Waals surface area contributed by atoms with Crippen molar-refractivity contribution in [3.8, 4) is 5.75 Å². The number of hydrogen-bond acceptors (Lipinski definition) is 5. The Morgan fingerprint density at radius 2 is 1.72 bits per heavy atom. The van der Waals surface area contributed by atoms with Crippen molar-refractivity contribution in [1.82, 2.24) is 10.6 Å². The quantitative estimate of drug-likeness (QED) is 0.797. The number of carbonyl (C=O) groups is 3. The number of methoxy groups -OCH3 is 1. The zero-order chi connectivity index (χ0) is 18.2. The summed E-state index contributed by atoms with van der Waals surface area (Å²) < 4.78 is 10.1. The number of imide groups is 1. The van der Waals surface area contributed by atoms with Crippen LogP contribution in [0.4, 0.5) is 4.79 Å². The van der Waals surface area contributed by atoms with Gasteiger partial charge in [-0.2, -0.15) is 0 Å². The molecule has 3 amide bonds. The van der Waals surface area contributed by atoms with Gasteiger partial charge in [-0.3, -0.25) is 10.1 Å². The number of carbonyl (C=O) groups excluding carboxylic acids is 3. The molecule has 2 N–H and O–H groups in total. The molecule has 0 radical (unpaired) electrons. The second-order valence-electron chi connectivity index (χ2n) is 6.07. The third-order valence-electron chi connectivity index (χ3n) is 4.13. The monoisotopic (exact) mass is 348 g/mol. The molecule has 1 aromatic carbocycles. The van der Waals surface area contributed by atoms with Gasteiger partial charge in [-0.1, -0.05) is 19.3 Å². The summed E-state index contributed by atoms with van der Waals surface area (Å²) >= 11 is 0. The Bertz CT molecular complexity index is 608. The Morgan fingerprint density at radius 3 is 2.32 bits per heavy atom. The summed E-state index contributed by atoms with van der Waals surface area (Å²) in [6.07, 6.45) is 4.43. The highest BCUT2D eigenvalue weighted by atomic mass is 16.5. The second kappa shape index (κ2) is 9.05. The van der Waals surface area contributed by atoms with E-state index in [0.29, 0.717) is 11.3 Å². The molecule has 0 aromatic heterocycles. The minimum absolute atomic E-state index is 0.128. The molecule has 0 saturated heterocycles. The van der Waals surface area contributed by atoms with Gasteiger partial charge >= 0.3 is 12.0 Å². The lowest BCUT2D eigenvalue weighted by Crippen LogP contribution is -2.48. The molecule has 1 fully saturated rings. The smallest absolute Gasteiger partial charge is 0.337 e. The molecule has 136 valence electrons. The molecule has 1 aliphatic carbocycles.